The van der Waals surface area contributed by atoms with Gasteiger partial charge in [0.05, 0.1) is 18.7 Å². The van der Waals surface area contributed by atoms with Crippen LogP contribution in [-0.2, 0) is 16.0 Å². The van der Waals surface area contributed by atoms with Crippen LogP contribution in [0.15, 0.2) is 6.20 Å². The summed E-state index contributed by atoms with van der Waals surface area (Å²) in [6.07, 6.45) is 1.74. The summed E-state index contributed by atoms with van der Waals surface area (Å²) in [6.45, 7) is 2.18. The maximum absolute atomic E-state index is 10.8. The quantitative estimate of drug-likeness (QED) is 0.636. The van der Waals surface area contributed by atoms with Gasteiger partial charge in [-0.25, -0.2) is 0 Å². The van der Waals surface area contributed by atoms with Crippen molar-refractivity contribution in [1.29, 1.82) is 0 Å². The minimum Gasteiger partial charge on any atom is -0.466 e. The summed E-state index contributed by atoms with van der Waals surface area (Å²) >= 11 is 0. The lowest BCUT2D eigenvalue weighted by molar-refractivity contribution is -0.142. The van der Waals surface area contributed by atoms with E-state index in [2.05, 4.69) is 16.3 Å². The Bertz CT molecular complexity index is 218. The van der Waals surface area contributed by atoms with Gasteiger partial charge >= 0.3 is 5.97 Å². The number of rotatable bonds is 3. The topological polar surface area (TPSA) is 55.0 Å². The Morgan fingerprint density at radius 1 is 1.91 bits per heavy atom. The molecule has 0 saturated carbocycles. The molecule has 1 rings (SSSR count). The number of nitrogens with zero attached hydrogens (tertiary/aromatic N) is 1. The third-order valence-electron chi connectivity index (χ3n) is 1.12. The molecule has 0 amide bonds. The molecule has 0 fully saturated rings. The minimum atomic E-state index is -0.268. The lowest BCUT2D eigenvalue weighted by Gasteiger charge is -1.96. The summed E-state index contributed by atoms with van der Waals surface area (Å²) in [4.78, 5) is 10.8. The molecule has 11 heavy (non-hydrogen) atoms. The standard InChI is InChI=1S/C7H9N2O2/c1-2-11-7(10)5-6-3-4-8-9-6/h4H,2,5H2,1H3,(H,8,9). The zero-order valence-corrected chi connectivity index (χ0v) is 6.26. The van der Waals surface area contributed by atoms with Crippen LogP contribution >= 0.6 is 0 Å². The van der Waals surface area contributed by atoms with Gasteiger partial charge in [0.25, 0.3) is 0 Å². The Kier molecular flexibility index (Phi) is 2.66. The highest BCUT2D eigenvalue weighted by Crippen LogP contribution is 1.93. The molecular weight excluding hydrogens is 144 g/mol. The van der Waals surface area contributed by atoms with Crippen LogP contribution in [0.1, 0.15) is 12.6 Å². The molecule has 0 unspecified atom stereocenters. The van der Waals surface area contributed by atoms with E-state index in [1.165, 1.54) is 0 Å². The number of carbonyl (C=O) groups excluding carboxylic acids is 1. The van der Waals surface area contributed by atoms with Gasteiger partial charge in [-0.3, -0.25) is 9.89 Å². The van der Waals surface area contributed by atoms with Crippen molar-refractivity contribution in [2.45, 2.75) is 13.3 Å². The van der Waals surface area contributed by atoms with Gasteiger partial charge in [0.2, 0.25) is 0 Å². The Balaban J connectivity index is 2.37. The van der Waals surface area contributed by atoms with Gasteiger partial charge in [-0.15, -0.1) is 0 Å². The van der Waals surface area contributed by atoms with Crippen LogP contribution in [0.2, 0.25) is 0 Å². The van der Waals surface area contributed by atoms with E-state index in [0.717, 1.165) is 0 Å². The van der Waals surface area contributed by atoms with Gasteiger partial charge in [-0.2, -0.15) is 5.10 Å². The monoisotopic (exact) mass is 153 g/mol. The van der Waals surface area contributed by atoms with Crippen LogP contribution in [0, 0.1) is 6.07 Å². The number of esters is 1. The zero-order chi connectivity index (χ0) is 8.10. The lowest BCUT2D eigenvalue weighted by atomic mass is 10.3. The number of ether oxygens (including phenoxy) is 1. The van der Waals surface area contributed by atoms with Crippen molar-refractivity contribution in [3.63, 3.8) is 0 Å². The highest BCUT2D eigenvalue weighted by molar-refractivity contribution is 5.71. The zero-order valence-electron chi connectivity index (χ0n) is 6.26. The Morgan fingerprint density at radius 3 is 3.27 bits per heavy atom. The van der Waals surface area contributed by atoms with Gasteiger partial charge < -0.3 is 4.74 Å². The van der Waals surface area contributed by atoms with Crippen molar-refractivity contribution >= 4 is 5.97 Å². The minimum absolute atomic E-state index is 0.192. The molecular formula is C7H9N2O2. The van der Waals surface area contributed by atoms with Crippen LogP contribution in [0.3, 0.4) is 0 Å². The van der Waals surface area contributed by atoms with Gasteiger partial charge in [0.1, 0.15) is 0 Å². The number of hydrogen-bond acceptors (Lipinski definition) is 3. The van der Waals surface area contributed by atoms with Crippen LogP contribution < -0.4 is 0 Å². The average Bonchev–Trinajstić information content (AvgIpc) is 2.40. The molecule has 0 aliphatic rings. The number of aromatic amines is 1. The highest BCUT2D eigenvalue weighted by Gasteiger charge is 2.04. The normalized spacial score (nSPS) is 9.55. The van der Waals surface area contributed by atoms with Crippen LogP contribution in [0.25, 0.3) is 0 Å². The van der Waals surface area contributed by atoms with E-state index in [0.29, 0.717) is 12.3 Å². The fourth-order valence-corrected chi connectivity index (χ4v) is 0.697. The van der Waals surface area contributed by atoms with Crippen LogP contribution in [-0.4, -0.2) is 22.8 Å². The molecule has 0 aliphatic carbocycles. The predicted octanol–water partition coefficient (Wildman–Crippen LogP) is 0.315. The molecule has 0 saturated heterocycles. The highest BCUT2D eigenvalue weighted by atomic mass is 16.5. The van der Waals surface area contributed by atoms with Crippen molar-refractivity contribution in [2.75, 3.05) is 6.61 Å². The van der Waals surface area contributed by atoms with E-state index < -0.39 is 0 Å². The molecule has 1 N–H and O–H groups in total. The summed E-state index contributed by atoms with van der Waals surface area (Å²) in [5.41, 5.74) is 0.587. The molecule has 4 nitrogen and oxygen atoms in total. The Hall–Kier alpha value is -1.32. The second-order valence-electron chi connectivity index (χ2n) is 1.96. The molecule has 0 spiro atoms. The summed E-state index contributed by atoms with van der Waals surface area (Å²) in [6, 6.07) is 2.76. The SMILES string of the molecule is CCOC(=O)Cc1[c]c[nH]n1. The average molecular weight is 153 g/mol. The maximum Gasteiger partial charge on any atom is 0.311 e. The van der Waals surface area contributed by atoms with E-state index >= 15 is 0 Å². The molecule has 59 valence electrons. The molecule has 0 bridgehead atoms. The predicted molar refractivity (Wildman–Crippen MR) is 37.8 cm³/mol. The fourth-order valence-electron chi connectivity index (χ4n) is 0.697. The molecule has 0 aromatic carbocycles. The lowest BCUT2D eigenvalue weighted by Crippen LogP contribution is -2.07. The molecule has 1 aromatic rings. The van der Waals surface area contributed by atoms with E-state index in [-0.39, 0.29) is 12.4 Å². The van der Waals surface area contributed by atoms with Crippen molar-refractivity contribution < 1.29 is 9.53 Å². The van der Waals surface area contributed by atoms with Crippen molar-refractivity contribution in [3.05, 3.63) is 18.0 Å². The van der Waals surface area contributed by atoms with E-state index in [9.17, 15) is 4.79 Å². The number of hydrogen-bond donors (Lipinski definition) is 1. The van der Waals surface area contributed by atoms with Gasteiger partial charge in [-0.1, -0.05) is 0 Å². The van der Waals surface area contributed by atoms with Crippen LogP contribution in [0.4, 0.5) is 0 Å². The maximum atomic E-state index is 10.8. The number of carbonyl (C=O) groups is 1. The number of aromatic nitrogens is 2. The van der Waals surface area contributed by atoms with E-state index in [1.54, 1.807) is 13.1 Å². The van der Waals surface area contributed by atoms with E-state index in [4.69, 9.17) is 4.74 Å². The fraction of sp³-hybridized carbons (Fsp3) is 0.429. The van der Waals surface area contributed by atoms with Gasteiger partial charge in [-0.05, 0) is 6.92 Å². The third kappa shape index (κ3) is 2.41. The summed E-state index contributed by atoms with van der Waals surface area (Å²) in [5.74, 6) is -0.268. The van der Waals surface area contributed by atoms with Crippen LogP contribution in [0.5, 0.6) is 0 Å². The molecule has 4 heteroatoms. The molecule has 1 aromatic heterocycles. The van der Waals surface area contributed by atoms with Gasteiger partial charge in [0, 0.05) is 12.3 Å². The second-order valence-corrected chi connectivity index (χ2v) is 1.96. The summed E-state index contributed by atoms with van der Waals surface area (Å²) in [7, 11) is 0. The first kappa shape index (κ1) is 7.78. The van der Waals surface area contributed by atoms with Crippen molar-refractivity contribution in [3.8, 4) is 0 Å². The van der Waals surface area contributed by atoms with Gasteiger partial charge in [0.15, 0.2) is 0 Å². The van der Waals surface area contributed by atoms with E-state index in [1.807, 2.05) is 0 Å². The molecule has 0 aliphatic heterocycles. The Morgan fingerprint density at radius 2 is 2.73 bits per heavy atom. The number of H-pyrrole nitrogens is 1. The second kappa shape index (κ2) is 3.75. The van der Waals surface area contributed by atoms with Crippen molar-refractivity contribution in [2.24, 2.45) is 0 Å². The first-order chi connectivity index (χ1) is 5.33. The first-order valence-electron chi connectivity index (χ1n) is 3.39. The third-order valence-corrected chi connectivity index (χ3v) is 1.12. The summed E-state index contributed by atoms with van der Waals surface area (Å²) in [5, 5.41) is 6.32. The first-order valence-corrected chi connectivity index (χ1v) is 3.39. The molecule has 0 atom stereocenters. The number of nitrogens with one attached hydrogen (secondary N) is 1. The smallest absolute Gasteiger partial charge is 0.311 e. The summed E-state index contributed by atoms with van der Waals surface area (Å²) < 4.78 is 4.70. The van der Waals surface area contributed by atoms with Crippen molar-refractivity contribution in [1.82, 2.24) is 10.2 Å². The Labute approximate surface area is 64.6 Å². The molecule has 1 heterocycles. The largest absolute Gasteiger partial charge is 0.466 e. The molecule has 1 radical (unpaired) electrons.